The Morgan fingerprint density at radius 3 is 2.44 bits per heavy atom. The summed E-state index contributed by atoms with van der Waals surface area (Å²) in [6.45, 7) is 4.34. The van der Waals surface area contributed by atoms with Gasteiger partial charge in [-0.2, -0.15) is 18.3 Å². The third kappa shape index (κ3) is 6.75. The van der Waals surface area contributed by atoms with Crippen molar-refractivity contribution in [1.29, 1.82) is 0 Å². The van der Waals surface area contributed by atoms with Gasteiger partial charge in [0.15, 0.2) is 5.75 Å². The maximum absolute atomic E-state index is 13.7. The Balaban J connectivity index is 1.45. The minimum atomic E-state index is -4.82. The number of nitrogens with one attached hydrogen (secondary N) is 3. The molecule has 3 N–H and O–H groups in total. The van der Waals surface area contributed by atoms with Gasteiger partial charge < -0.3 is 20.3 Å². The van der Waals surface area contributed by atoms with Crippen LogP contribution in [0.15, 0.2) is 73.1 Å². The Hall–Kier alpha value is -4.98. The van der Waals surface area contributed by atoms with Crippen molar-refractivity contribution in [3.63, 3.8) is 0 Å². The van der Waals surface area contributed by atoms with E-state index in [0.29, 0.717) is 24.5 Å². The average Bonchev–Trinajstić information content (AvgIpc) is 3.64. The summed E-state index contributed by atoms with van der Waals surface area (Å²) in [4.78, 5) is 15.3. The van der Waals surface area contributed by atoms with Crippen molar-refractivity contribution in [3.8, 4) is 11.4 Å². The zero-order chi connectivity index (χ0) is 32.5. The van der Waals surface area contributed by atoms with Crippen LogP contribution in [0.4, 0.5) is 30.2 Å². The molecule has 1 aliphatic rings. The number of amides is 1. The molecular weight excluding hydrogens is 609 g/mol. The summed E-state index contributed by atoms with van der Waals surface area (Å²) in [5.74, 6) is -0.985. The number of nitrogens with zero attached hydrogens (tertiary/aromatic N) is 3. The number of rotatable bonds is 9. The molecule has 45 heavy (non-hydrogen) atoms. The van der Waals surface area contributed by atoms with Crippen LogP contribution in [0.1, 0.15) is 39.7 Å². The number of methoxy groups -OCH3 is 1. The molecule has 1 aliphatic heterocycles. The first-order chi connectivity index (χ1) is 21.3. The molecule has 0 spiro atoms. The second-order valence-electron chi connectivity index (χ2n) is 10.4. The molecule has 0 bridgehead atoms. The van der Waals surface area contributed by atoms with Crippen molar-refractivity contribution in [2.45, 2.75) is 26.4 Å². The van der Waals surface area contributed by atoms with E-state index in [9.17, 15) is 26.4 Å². The highest BCUT2D eigenvalue weighted by Gasteiger charge is 2.33. The number of carbonyl (C=O) groups is 1. The Kier molecular flexibility index (Phi) is 8.52. The fraction of sp³-hybridized carbons (Fsp3) is 0.226. The number of sulfonamides is 1. The van der Waals surface area contributed by atoms with Crippen LogP contribution in [0.2, 0.25) is 0 Å². The highest BCUT2D eigenvalue weighted by Crippen LogP contribution is 2.41. The van der Waals surface area contributed by atoms with Gasteiger partial charge in [-0.3, -0.25) is 9.52 Å². The lowest BCUT2D eigenvalue weighted by Crippen LogP contribution is -2.22. The molecule has 0 radical (unpaired) electrons. The van der Waals surface area contributed by atoms with E-state index in [1.807, 2.05) is 57.8 Å². The van der Waals surface area contributed by atoms with Crippen LogP contribution in [-0.4, -0.2) is 44.1 Å². The van der Waals surface area contributed by atoms with E-state index in [4.69, 9.17) is 4.74 Å². The number of carbonyl (C=O) groups excluding carboxylic acids is 1. The standard InChI is InChI=1S/C31H31F3N6O4S/c1-5-27-23(16-36-40(27)22-9-7-6-8-10-22)26-17-39(18-35-26)28-13-20(12-11-19(28)2)30(41)37-24-14-21(31(32,33)34)15-25(29(24)44-3)38-45(4,42)43/h6-17,35,38H,5,18H2,1-4H3,(H,37,41). The van der Waals surface area contributed by atoms with E-state index < -0.39 is 33.4 Å². The fourth-order valence-corrected chi connectivity index (χ4v) is 5.65. The molecule has 2 heterocycles. The second kappa shape index (κ2) is 12.2. The molecule has 0 fully saturated rings. The van der Waals surface area contributed by atoms with Gasteiger partial charge in [0.1, 0.15) is 0 Å². The molecule has 0 atom stereocenters. The zero-order valence-electron chi connectivity index (χ0n) is 24.9. The molecule has 14 heteroatoms. The van der Waals surface area contributed by atoms with Crippen molar-refractivity contribution in [1.82, 2.24) is 15.1 Å². The van der Waals surface area contributed by atoms with Gasteiger partial charge in [0.2, 0.25) is 10.0 Å². The van der Waals surface area contributed by atoms with Crippen LogP contribution in [0.5, 0.6) is 5.75 Å². The normalized spacial score (nSPS) is 13.3. The summed E-state index contributed by atoms with van der Waals surface area (Å²) < 4.78 is 73.9. The minimum absolute atomic E-state index is 0.167. The van der Waals surface area contributed by atoms with Crippen LogP contribution in [0, 0.1) is 6.92 Å². The quantitative estimate of drug-likeness (QED) is 0.213. The monoisotopic (exact) mass is 640 g/mol. The smallest absolute Gasteiger partial charge is 0.416 e. The average molecular weight is 641 g/mol. The maximum Gasteiger partial charge on any atom is 0.416 e. The first-order valence-electron chi connectivity index (χ1n) is 13.8. The largest absolute Gasteiger partial charge is 0.492 e. The summed E-state index contributed by atoms with van der Waals surface area (Å²) >= 11 is 0. The number of para-hydroxylation sites is 1. The first kappa shape index (κ1) is 31.4. The molecule has 10 nitrogen and oxygen atoms in total. The van der Waals surface area contributed by atoms with Gasteiger partial charge in [0.05, 0.1) is 60.2 Å². The first-order valence-corrected chi connectivity index (χ1v) is 15.7. The fourth-order valence-electron chi connectivity index (χ4n) is 5.10. The van der Waals surface area contributed by atoms with E-state index in [1.165, 1.54) is 0 Å². The Labute approximate surface area is 258 Å². The minimum Gasteiger partial charge on any atom is -0.492 e. The third-order valence-electron chi connectivity index (χ3n) is 7.16. The predicted molar refractivity (Wildman–Crippen MR) is 167 cm³/mol. The van der Waals surface area contributed by atoms with E-state index in [-0.39, 0.29) is 17.0 Å². The Morgan fingerprint density at radius 2 is 1.80 bits per heavy atom. The molecule has 0 aliphatic carbocycles. The summed E-state index contributed by atoms with van der Waals surface area (Å²) in [5, 5.41) is 10.5. The molecule has 4 aromatic rings. The van der Waals surface area contributed by atoms with Crippen molar-refractivity contribution in [3.05, 3.63) is 101 Å². The number of hydrogen-bond donors (Lipinski definition) is 3. The molecule has 236 valence electrons. The molecule has 3 aromatic carbocycles. The zero-order valence-corrected chi connectivity index (χ0v) is 25.7. The van der Waals surface area contributed by atoms with Crippen LogP contribution >= 0.6 is 0 Å². The van der Waals surface area contributed by atoms with Crippen LogP contribution in [-0.2, 0) is 22.6 Å². The summed E-state index contributed by atoms with van der Waals surface area (Å²) in [7, 11) is -2.80. The highest BCUT2D eigenvalue weighted by molar-refractivity contribution is 7.92. The van der Waals surface area contributed by atoms with Gasteiger partial charge in [-0.1, -0.05) is 31.2 Å². The molecule has 5 rings (SSSR count). The second-order valence-corrected chi connectivity index (χ2v) is 12.1. The SMILES string of the molecule is CCc1c(C2=CN(c3cc(C(=O)Nc4cc(C(F)(F)F)cc(NS(C)(=O)=O)c4OC)ccc3C)CN2)cnn1-c1ccccc1. The number of aromatic nitrogens is 2. The number of benzene rings is 3. The summed E-state index contributed by atoms with van der Waals surface area (Å²) in [6.07, 6.45) is 0.441. The number of aryl methyl sites for hydroxylation is 1. The predicted octanol–water partition coefficient (Wildman–Crippen LogP) is 5.76. The number of hydrogen-bond acceptors (Lipinski definition) is 7. The van der Waals surface area contributed by atoms with E-state index in [0.717, 1.165) is 48.0 Å². The van der Waals surface area contributed by atoms with Crippen molar-refractivity contribution in [2.24, 2.45) is 0 Å². The third-order valence-corrected chi connectivity index (χ3v) is 7.75. The molecule has 0 saturated carbocycles. The van der Waals surface area contributed by atoms with Gasteiger partial charge >= 0.3 is 6.18 Å². The lowest BCUT2D eigenvalue weighted by molar-refractivity contribution is -0.137. The van der Waals surface area contributed by atoms with Gasteiger partial charge in [0.25, 0.3) is 5.91 Å². The molecule has 0 saturated heterocycles. The Morgan fingerprint density at radius 1 is 1.09 bits per heavy atom. The van der Waals surface area contributed by atoms with Crippen LogP contribution < -0.4 is 25.0 Å². The summed E-state index contributed by atoms with van der Waals surface area (Å²) in [6, 6.07) is 16.0. The van der Waals surface area contributed by atoms with Crippen LogP contribution in [0.25, 0.3) is 11.4 Å². The molecule has 1 aromatic heterocycles. The van der Waals surface area contributed by atoms with Gasteiger partial charge in [0, 0.05) is 23.0 Å². The van der Waals surface area contributed by atoms with E-state index in [1.54, 1.807) is 24.4 Å². The topological polar surface area (TPSA) is 118 Å². The van der Waals surface area contributed by atoms with Crippen molar-refractivity contribution in [2.75, 3.05) is 35.0 Å². The molecular formula is C31H31F3N6O4S. The van der Waals surface area contributed by atoms with Crippen molar-refractivity contribution >= 4 is 38.7 Å². The number of halogens is 3. The Bertz CT molecular complexity index is 1890. The van der Waals surface area contributed by atoms with Gasteiger partial charge in [-0.15, -0.1) is 0 Å². The molecule has 1 amide bonds. The van der Waals surface area contributed by atoms with Gasteiger partial charge in [-0.25, -0.2) is 13.1 Å². The lowest BCUT2D eigenvalue weighted by Gasteiger charge is -2.20. The van der Waals surface area contributed by atoms with Crippen LogP contribution in [0.3, 0.4) is 0 Å². The molecule has 0 unspecified atom stereocenters. The number of anilines is 3. The maximum atomic E-state index is 13.7. The van der Waals surface area contributed by atoms with Crippen molar-refractivity contribution < 1.29 is 31.1 Å². The van der Waals surface area contributed by atoms with E-state index >= 15 is 0 Å². The van der Waals surface area contributed by atoms with E-state index in [2.05, 4.69) is 22.7 Å². The van der Waals surface area contributed by atoms with Gasteiger partial charge in [-0.05, 0) is 55.3 Å². The number of ether oxygens (including phenoxy) is 1. The summed E-state index contributed by atoms with van der Waals surface area (Å²) in [5.41, 5.74) is 3.50. The number of alkyl halides is 3. The highest BCUT2D eigenvalue weighted by atomic mass is 32.2. The lowest BCUT2D eigenvalue weighted by atomic mass is 10.1.